The molecule has 0 aromatic heterocycles. The second-order valence-electron chi connectivity index (χ2n) is 5.01. The molecular weight excluding hydrogens is 268 g/mol. The Morgan fingerprint density at radius 3 is 2.81 bits per heavy atom. The lowest BCUT2D eigenvalue weighted by molar-refractivity contribution is 0.0499. The average Bonchev–Trinajstić information content (AvgIpc) is 2.48. The van der Waals surface area contributed by atoms with Gasteiger partial charge in [0.1, 0.15) is 23.5 Å². The first-order valence-electron chi connectivity index (χ1n) is 6.51. The van der Waals surface area contributed by atoms with Crippen molar-refractivity contribution >= 4 is 17.2 Å². The number of nitrogens with zero attached hydrogens (tertiary/aromatic N) is 3. The van der Waals surface area contributed by atoms with E-state index >= 15 is 0 Å². The Morgan fingerprint density at radius 2 is 2.19 bits per heavy atom. The van der Waals surface area contributed by atoms with Gasteiger partial charge in [-0.1, -0.05) is 6.92 Å². The number of carbonyl (C=O) groups is 1. The van der Waals surface area contributed by atoms with Gasteiger partial charge in [-0.05, 0) is 31.5 Å². The van der Waals surface area contributed by atoms with E-state index in [4.69, 9.17) is 15.3 Å². The number of hydrazone groups is 1. The highest BCUT2D eigenvalue weighted by atomic mass is 16.5. The van der Waals surface area contributed by atoms with Crippen molar-refractivity contribution in [3.63, 3.8) is 0 Å². The minimum absolute atomic E-state index is 0.00835. The highest BCUT2D eigenvalue weighted by molar-refractivity contribution is 6.10. The second kappa shape index (κ2) is 5.64. The highest BCUT2D eigenvalue weighted by Gasteiger charge is 2.35. The van der Waals surface area contributed by atoms with Crippen LogP contribution in [0.5, 0.6) is 5.75 Å². The summed E-state index contributed by atoms with van der Waals surface area (Å²) in [7, 11) is 0. The summed E-state index contributed by atoms with van der Waals surface area (Å²) >= 11 is 0. The van der Waals surface area contributed by atoms with Crippen molar-refractivity contribution in [2.45, 2.75) is 32.3 Å². The predicted octanol–water partition coefficient (Wildman–Crippen LogP) is 2.64. The average molecular weight is 282 g/mol. The smallest absolute Gasteiger partial charge is 0.237 e. The normalized spacial score (nSPS) is 19.5. The summed E-state index contributed by atoms with van der Waals surface area (Å²) in [6.45, 7) is 3.89. The molecule has 0 saturated carbocycles. The van der Waals surface area contributed by atoms with Gasteiger partial charge in [-0.2, -0.15) is 15.6 Å². The van der Waals surface area contributed by atoms with Crippen molar-refractivity contribution in [1.82, 2.24) is 0 Å². The number of ketones is 1. The van der Waals surface area contributed by atoms with Gasteiger partial charge in [0.25, 0.3) is 0 Å². The van der Waals surface area contributed by atoms with E-state index in [1.807, 2.05) is 13.8 Å². The van der Waals surface area contributed by atoms with Gasteiger partial charge in [-0.3, -0.25) is 10.2 Å². The molecule has 1 unspecified atom stereocenters. The van der Waals surface area contributed by atoms with Crippen molar-refractivity contribution < 1.29 is 9.53 Å². The molecular formula is C15H14N4O2. The minimum atomic E-state index is -0.466. The molecule has 6 nitrogen and oxygen atoms in total. The number of rotatable bonds is 3. The number of anilines is 1. The molecule has 0 saturated heterocycles. The number of benzene rings is 1. The third kappa shape index (κ3) is 3.01. The lowest BCUT2D eigenvalue weighted by atomic mass is 9.89. The number of hydrogen-bond acceptors (Lipinski definition) is 6. The number of carbonyl (C=O) groups excluding carboxylic acids is 1. The van der Waals surface area contributed by atoms with E-state index in [0.29, 0.717) is 23.4 Å². The van der Waals surface area contributed by atoms with Crippen LogP contribution in [0.15, 0.2) is 23.3 Å². The van der Waals surface area contributed by atoms with Crippen LogP contribution in [0, 0.1) is 22.7 Å². The number of fused-ring (bicyclic) bond motifs is 1. The zero-order valence-electron chi connectivity index (χ0n) is 11.8. The van der Waals surface area contributed by atoms with Gasteiger partial charge >= 0.3 is 0 Å². The maximum atomic E-state index is 12.2. The van der Waals surface area contributed by atoms with Gasteiger partial charge in [0.05, 0.1) is 17.7 Å². The summed E-state index contributed by atoms with van der Waals surface area (Å²) in [5, 5.41) is 20.9. The maximum Gasteiger partial charge on any atom is 0.237 e. The summed E-state index contributed by atoms with van der Waals surface area (Å²) in [6, 6.07) is 8.28. The lowest BCUT2D eigenvalue weighted by Crippen LogP contribution is -2.38. The molecule has 6 heteroatoms. The topological polar surface area (TPSA) is 98.3 Å². The van der Waals surface area contributed by atoms with E-state index in [0.717, 1.165) is 6.42 Å². The first kappa shape index (κ1) is 14.5. The molecule has 21 heavy (non-hydrogen) atoms. The number of nitriles is 2. The third-order valence-electron chi connectivity index (χ3n) is 3.43. The van der Waals surface area contributed by atoms with Crippen molar-refractivity contribution in [2.75, 3.05) is 5.43 Å². The SMILES string of the molecule is CCC1(C)CC(=O)c2cc(NN=C(C#N)C#N)ccc2O1. The molecule has 1 heterocycles. The fraction of sp³-hybridized carbons (Fsp3) is 0.333. The fourth-order valence-electron chi connectivity index (χ4n) is 2.04. The third-order valence-corrected chi connectivity index (χ3v) is 3.43. The Kier molecular flexibility index (Phi) is 3.91. The quantitative estimate of drug-likeness (QED) is 0.678. The molecule has 1 N–H and O–H groups in total. The maximum absolute atomic E-state index is 12.2. The van der Waals surface area contributed by atoms with Gasteiger partial charge < -0.3 is 4.74 Å². The molecule has 0 fully saturated rings. The lowest BCUT2D eigenvalue weighted by Gasteiger charge is -2.34. The zero-order chi connectivity index (χ0) is 15.5. The number of nitrogens with one attached hydrogen (secondary N) is 1. The molecule has 0 spiro atoms. The monoisotopic (exact) mass is 282 g/mol. The van der Waals surface area contributed by atoms with Crippen LogP contribution in [0.3, 0.4) is 0 Å². The van der Waals surface area contributed by atoms with Crippen LogP contribution in [0.25, 0.3) is 0 Å². The van der Waals surface area contributed by atoms with E-state index in [-0.39, 0.29) is 11.5 Å². The second-order valence-corrected chi connectivity index (χ2v) is 5.01. The molecule has 1 aliphatic heterocycles. The van der Waals surface area contributed by atoms with Crippen LogP contribution in [0.2, 0.25) is 0 Å². The first-order valence-corrected chi connectivity index (χ1v) is 6.51. The molecule has 2 rings (SSSR count). The summed E-state index contributed by atoms with van der Waals surface area (Å²) in [5.74, 6) is 0.555. The number of Topliss-reactive ketones (excluding diaryl/α,β-unsaturated/α-hetero) is 1. The van der Waals surface area contributed by atoms with Gasteiger partial charge in [0.2, 0.25) is 5.71 Å². The molecule has 1 aliphatic rings. The predicted molar refractivity (Wildman–Crippen MR) is 77.0 cm³/mol. The molecule has 106 valence electrons. The Morgan fingerprint density at radius 1 is 1.48 bits per heavy atom. The Bertz CT molecular complexity index is 681. The van der Waals surface area contributed by atoms with Crippen molar-refractivity contribution in [1.29, 1.82) is 10.5 Å². The van der Waals surface area contributed by atoms with Crippen LogP contribution >= 0.6 is 0 Å². The van der Waals surface area contributed by atoms with Gasteiger partial charge in [-0.25, -0.2) is 0 Å². The van der Waals surface area contributed by atoms with E-state index in [2.05, 4.69) is 10.5 Å². The van der Waals surface area contributed by atoms with Crippen LogP contribution < -0.4 is 10.2 Å². The van der Waals surface area contributed by atoms with Gasteiger partial charge in [0, 0.05) is 0 Å². The molecule has 1 aromatic carbocycles. The largest absolute Gasteiger partial charge is 0.486 e. The summed E-state index contributed by atoms with van der Waals surface area (Å²) in [5.41, 5.74) is 2.84. The van der Waals surface area contributed by atoms with E-state index < -0.39 is 5.60 Å². The Hall–Kier alpha value is -2.86. The molecule has 1 aromatic rings. The van der Waals surface area contributed by atoms with Crippen molar-refractivity contribution in [2.24, 2.45) is 5.10 Å². The molecule has 0 radical (unpaired) electrons. The Labute approximate surface area is 122 Å². The summed E-state index contributed by atoms with van der Waals surface area (Å²) < 4.78 is 5.87. The minimum Gasteiger partial charge on any atom is -0.486 e. The van der Waals surface area contributed by atoms with Gasteiger partial charge in [-0.15, -0.1) is 0 Å². The molecule has 0 bridgehead atoms. The first-order chi connectivity index (χ1) is 10.0. The van der Waals surface area contributed by atoms with E-state index in [9.17, 15) is 4.79 Å². The molecule has 0 amide bonds. The summed E-state index contributed by atoms with van der Waals surface area (Å²) in [4.78, 5) is 12.2. The van der Waals surface area contributed by atoms with Crippen LogP contribution in [0.1, 0.15) is 37.0 Å². The number of hydrogen-bond donors (Lipinski definition) is 1. The van der Waals surface area contributed by atoms with Crippen LogP contribution in [-0.4, -0.2) is 17.1 Å². The number of ether oxygens (including phenoxy) is 1. The van der Waals surface area contributed by atoms with Crippen LogP contribution in [-0.2, 0) is 0 Å². The standard InChI is InChI=1S/C15H14N4O2/c1-3-15(2)7-13(20)12-6-10(4-5-14(12)21-15)18-19-11(8-16)9-17/h4-6,18H,3,7H2,1-2H3. The van der Waals surface area contributed by atoms with Crippen molar-refractivity contribution in [3.05, 3.63) is 23.8 Å². The highest BCUT2D eigenvalue weighted by Crippen LogP contribution is 2.36. The fourth-order valence-corrected chi connectivity index (χ4v) is 2.04. The van der Waals surface area contributed by atoms with Crippen LogP contribution in [0.4, 0.5) is 5.69 Å². The molecule has 1 atom stereocenters. The zero-order valence-corrected chi connectivity index (χ0v) is 11.8. The van der Waals surface area contributed by atoms with E-state index in [1.54, 1.807) is 30.3 Å². The van der Waals surface area contributed by atoms with E-state index in [1.165, 1.54) is 0 Å². The Balaban J connectivity index is 2.28. The summed E-state index contributed by atoms with van der Waals surface area (Å²) in [6.07, 6.45) is 1.07. The molecule has 0 aliphatic carbocycles. The van der Waals surface area contributed by atoms with Crippen molar-refractivity contribution in [3.8, 4) is 17.9 Å². The van der Waals surface area contributed by atoms with Gasteiger partial charge in [0.15, 0.2) is 5.78 Å².